The summed E-state index contributed by atoms with van der Waals surface area (Å²) in [7, 11) is 0. The van der Waals surface area contributed by atoms with Crippen molar-refractivity contribution in [1.82, 2.24) is 0 Å². The second-order valence-corrected chi connectivity index (χ2v) is 5.39. The number of aliphatic hydroxyl groups excluding tert-OH is 2. The molecule has 2 aromatic rings. The van der Waals surface area contributed by atoms with E-state index in [1.54, 1.807) is 30.3 Å². The molecular weight excluding hydrogens is 276 g/mol. The quantitative estimate of drug-likeness (QED) is 0.797. The molecule has 0 amide bonds. The number of carbonyl (C=O) groups excluding carboxylic acids is 1. The molecule has 2 unspecified atom stereocenters. The molecule has 2 atom stereocenters. The largest absolute Gasteiger partial charge is 0.388 e. The van der Waals surface area contributed by atoms with E-state index in [1.165, 1.54) is 0 Å². The van der Waals surface area contributed by atoms with Crippen molar-refractivity contribution < 1.29 is 15.0 Å². The van der Waals surface area contributed by atoms with Gasteiger partial charge in [0.05, 0.1) is 12.2 Å². The molecule has 0 heterocycles. The molecule has 2 rings (SSSR count). The van der Waals surface area contributed by atoms with Crippen molar-refractivity contribution in [1.29, 1.82) is 0 Å². The van der Waals surface area contributed by atoms with Gasteiger partial charge in [0.2, 0.25) is 0 Å². The van der Waals surface area contributed by atoms with Crippen molar-refractivity contribution in [3.8, 4) is 0 Å². The molecule has 0 saturated heterocycles. The Morgan fingerprint density at radius 3 is 2.18 bits per heavy atom. The topological polar surface area (TPSA) is 57.5 Å². The van der Waals surface area contributed by atoms with Crippen LogP contribution in [0.25, 0.3) is 0 Å². The molecule has 0 bridgehead atoms. The van der Waals surface area contributed by atoms with Crippen molar-refractivity contribution in [2.75, 3.05) is 0 Å². The fraction of sp³-hybridized carbons (Fsp3) is 0.316. The number of hydrogen-bond acceptors (Lipinski definition) is 3. The van der Waals surface area contributed by atoms with Crippen LogP contribution >= 0.6 is 0 Å². The first-order valence-electron chi connectivity index (χ1n) is 7.68. The third-order valence-electron chi connectivity index (χ3n) is 3.87. The third-order valence-corrected chi connectivity index (χ3v) is 3.87. The Morgan fingerprint density at radius 2 is 1.59 bits per heavy atom. The summed E-state index contributed by atoms with van der Waals surface area (Å²) >= 11 is 0. The standard InChI is InChI=1S/C19H22O3/c1-3-17(20)14-10-11-15(16(12-14)18(21)4-2)19(22)13-8-6-5-7-9-13/h5-12,17-18,20-21H,3-4H2,1-2H3. The molecule has 3 nitrogen and oxygen atoms in total. The second kappa shape index (κ2) is 7.34. The summed E-state index contributed by atoms with van der Waals surface area (Å²) in [6, 6.07) is 14.2. The van der Waals surface area contributed by atoms with Gasteiger partial charge in [-0.1, -0.05) is 56.3 Å². The number of carbonyl (C=O) groups is 1. The molecule has 0 aliphatic rings. The Bertz CT molecular complexity index is 634. The van der Waals surface area contributed by atoms with Crippen LogP contribution in [-0.2, 0) is 0 Å². The van der Waals surface area contributed by atoms with Crippen LogP contribution in [0.5, 0.6) is 0 Å². The maximum absolute atomic E-state index is 12.7. The number of hydrogen-bond donors (Lipinski definition) is 2. The van der Waals surface area contributed by atoms with Crippen LogP contribution in [0.1, 0.15) is 65.9 Å². The summed E-state index contributed by atoms with van der Waals surface area (Å²) in [5.41, 5.74) is 2.40. The monoisotopic (exact) mass is 298 g/mol. The van der Waals surface area contributed by atoms with Crippen LogP contribution in [0.4, 0.5) is 0 Å². The summed E-state index contributed by atoms with van der Waals surface area (Å²) in [5, 5.41) is 20.2. The van der Waals surface area contributed by atoms with Crippen LogP contribution in [0.15, 0.2) is 48.5 Å². The Labute approximate surface area is 131 Å². The summed E-state index contributed by atoms with van der Waals surface area (Å²) in [4.78, 5) is 12.7. The molecule has 3 heteroatoms. The highest BCUT2D eigenvalue weighted by Crippen LogP contribution is 2.27. The summed E-state index contributed by atoms with van der Waals surface area (Å²) in [6.45, 7) is 3.76. The Morgan fingerprint density at radius 1 is 0.955 bits per heavy atom. The Balaban J connectivity index is 2.48. The minimum atomic E-state index is -0.716. The predicted octanol–water partition coefficient (Wildman–Crippen LogP) is 3.80. The lowest BCUT2D eigenvalue weighted by molar-refractivity contribution is 0.102. The highest BCUT2D eigenvalue weighted by atomic mass is 16.3. The van der Waals surface area contributed by atoms with E-state index < -0.39 is 12.2 Å². The van der Waals surface area contributed by atoms with Gasteiger partial charge >= 0.3 is 0 Å². The zero-order valence-corrected chi connectivity index (χ0v) is 13.0. The van der Waals surface area contributed by atoms with Crippen molar-refractivity contribution >= 4 is 5.78 Å². The predicted molar refractivity (Wildman–Crippen MR) is 86.8 cm³/mol. The van der Waals surface area contributed by atoms with Gasteiger partial charge in [0, 0.05) is 11.1 Å². The van der Waals surface area contributed by atoms with Crippen molar-refractivity contribution in [3.63, 3.8) is 0 Å². The van der Waals surface area contributed by atoms with E-state index in [-0.39, 0.29) is 5.78 Å². The fourth-order valence-corrected chi connectivity index (χ4v) is 2.47. The lowest BCUT2D eigenvalue weighted by Gasteiger charge is -2.17. The molecule has 0 fully saturated rings. The maximum Gasteiger partial charge on any atom is 0.193 e. The number of benzene rings is 2. The van der Waals surface area contributed by atoms with Gasteiger partial charge in [0.15, 0.2) is 5.78 Å². The maximum atomic E-state index is 12.7. The number of rotatable bonds is 6. The molecule has 0 radical (unpaired) electrons. The van der Waals surface area contributed by atoms with Gasteiger partial charge in [0.25, 0.3) is 0 Å². The highest BCUT2D eigenvalue weighted by Gasteiger charge is 2.19. The van der Waals surface area contributed by atoms with Gasteiger partial charge in [-0.05, 0) is 30.0 Å². The van der Waals surface area contributed by atoms with Crippen molar-refractivity contribution in [3.05, 3.63) is 70.8 Å². The van der Waals surface area contributed by atoms with Gasteiger partial charge in [-0.25, -0.2) is 0 Å². The van der Waals surface area contributed by atoms with Crippen molar-refractivity contribution in [2.45, 2.75) is 38.9 Å². The first-order valence-corrected chi connectivity index (χ1v) is 7.68. The second-order valence-electron chi connectivity index (χ2n) is 5.39. The molecular formula is C19H22O3. The third kappa shape index (κ3) is 3.43. The van der Waals surface area contributed by atoms with E-state index in [4.69, 9.17) is 0 Å². The van der Waals surface area contributed by atoms with E-state index in [0.717, 1.165) is 5.56 Å². The SMILES string of the molecule is CCC(O)c1ccc(C(=O)c2ccccc2)c(C(O)CC)c1. The molecule has 0 aromatic heterocycles. The molecule has 0 spiro atoms. The van der Waals surface area contributed by atoms with Gasteiger partial charge < -0.3 is 10.2 Å². The molecule has 0 saturated carbocycles. The van der Waals surface area contributed by atoms with E-state index in [9.17, 15) is 15.0 Å². The Hall–Kier alpha value is -1.97. The lowest BCUT2D eigenvalue weighted by atomic mass is 9.91. The average molecular weight is 298 g/mol. The van der Waals surface area contributed by atoms with Crippen LogP contribution in [0.3, 0.4) is 0 Å². The van der Waals surface area contributed by atoms with Crippen LogP contribution in [0, 0.1) is 0 Å². The smallest absolute Gasteiger partial charge is 0.193 e. The number of aliphatic hydroxyl groups is 2. The molecule has 0 aliphatic carbocycles. The van der Waals surface area contributed by atoms with Gasteiger partial charge in [0.1, 0.15) is 0 Å². The molecule has 0 aliphatic heterocycles. The highest BCUT2D eigenvalue weighted by molar-refractivity contribution is 6.10. The number of ketones is 1. The first-order chi connectivity index (χ1) is 10.6. The lowest BCUT2D eigenvalue weighted by Crippen LogP contribution is -2.10. The Kier molecular flexibility index (Phi) is 5.47. The molecule has 22 heavy (non-hydrogen) atoms. The molecule has 2 N–H and O–H groups in total. The summed E-state index contributed by atoms with van der Waals surface area (Å²) in [5.74, 6) is -0.111. The van der Waals surface area contributed by atoms with E-state index >= 15 is 0 Å². The van der Waals surface area contributed by atoms with E-state index in [1.807, 2.05) is 32.0 Å². The zero-order valence-electron chi connectivity index (χ0n) is 13.0. The zero-order chi connectivity index (χ0) is 16.1. The van der Waals surface area contributed by atoms with E-state index in [2.05, 4.69) is 0 Å². The summed E-state index contributed by atoms with van der Waals surface area (Å²) < 4.78 is 0. The van der Waals surface area contributed by atoms with Gasteiger partial charge in [-0.15, -0.1) is 0 Å². The van der Waals surface area contributed by atoms with Crippen LogP contribution in [-0.4, -0.2) is 16.0 Å². The van der Waals surface area contributed by atoms with Crippen LogP contribution in [0.2, 0.25) is 0 Å². The van der Waals surface area contributed by atoms with Crippen LogP contribution < -0.4 is 0 Å². The normalized spacial score (nSPS) is 13.6. The minimum absolute atomic E-state index is 0.111. The van der Waals surface area contributed by atoms with Gasteiger partial charge in [-0.2, -0.15) is 0 Å². The average Bonchev–Trinajstić information content (AvgIpc) is 2.59. The van der Waals surface area contributed by atoms with Crippen molar-refractivity contribution in [2.24, 2.45) is 0 Å². The van der Waals surface area contributed by atoms with E-state index in [0.29, 0.717) is 29.5 Å². The fourth-order valence-electron chi connectivity index (χ4n) is 2.47. The summed E-state index contributed by atoms with van der Waals surface area (Å²) in [6.07, 6.45) is -0.190. The first kappa shape index (κ1) is 16.4. The molecule has 2 aromatic carbocycles. The van der Waals surface area contributed by atoms with Gasteiger partial charge in [-0.3, -0.25) is 4.79 Å². The molecule has 116 valence electrons. The minimum Gasteiger partial charge on any atom is -0.388 e.